The Labute approximate surface area is 171 Å². The summed E-state index contributed by atoms with van der Waals surface area (Å²) < 4.78 is 19.0. The van der Waals surface area contributed by atoms with E-state index in [0.717, 1.165) is 22.8 Å². The van der Waals surface area contributed by atoms with E-state index in [0.29, 0.717) is 5.13 Å². The van der Waals surface area contributed by atoms with Crippen molar-refractivity contribution < 1.29 is 18.4 Å². The third kappa shape index (κ3) is 5.24. The summed E-state index contributed by atoms with van der Waals surface area (Å²) in [5.74, 6) is -1.62. The highest BCUT2D eigenvalue weighted by molar-refractivity contribution is 7.99. The van der Waals surface area contributed by atoms with Gasteiger partial charge in [-0.15, -0.1) is 20.4 Å². The summed E-state index contributed by atoms with van der Waals surface area (Å²) in [5, 5.41) is 21.5. The zero-order valence-corrected chi connectivity index (χ0v) is 16.6. The number of amides is 2. The van der Waals surface area contributed by atoms with Gasteiger partial charge < -0.3 is 9.73 Å². The monoisotopic (exact) mass is 442 g/mol. The van der Waals surface area contributed by atoms with Crippen molar-refractivity contribution in [2.24, 2.45) is 0 Å². The maximum Gasteiger partial charge on any atom is 0.277 e. The van der Waals surface area contributed by atoms with Crippen LogP contribution in [0.2, 0.25) is 5.02 Å². The fourth-order valence-electron chi connectivity index (χ4n) is 1.96. The van der Waals surface area contributed by atoms with Crippen LogP contribution in [0.4, 0.5) is 9.52 Å². The van der Waals surface area contributed by atoms with E-state index >= 15 is 0 Å². The second-order valence-corrected chi connectivity index (χ2v) is 7.72. The van der Waals surface area contributed by atoms with Gasteiger partial charge in [-0.05, 0) is 19.1 Å². The quantitative estimate of drug-likeness (QED) is 0.535. The molecule has 0 fully saturated rings. The van der Waals surface area contributed by atoms with Gasteiger partial charge in [0.05, 0.1) is 22.9 Å². The zero-order chi connectivity index (χ0) is 20.1. The van der Waals surface area contributed by atoms with Crippen molar-refractivity contribution in [2.45, 2.75) is 18.7 Å². The standard InChI is InChI=1S/C15H12ClFN6O3S2/c1-7-20-22-14(28-7)19-10(24)6-27-15-23-21-11(26-15)5-18-13(25)12-8(16)3-2-4-9(12)17/h2-4H,5-6H2,1H3,(H,18,25)(H,19,22,24). The SMILES string of the molecule is Cc1nnc(NC(=O)CSc2nnc(CNC(=O)c3c(F)cccc3Cl)o2)s1. The molecule has 13 heteroatoms. The Kier molecular flexibility index (Phi) is 6.54. The lowest BCUT2D eigenvalue weighted by Crippen LogP contribution is -2.24. The Morgan fingerprint density at radius 1 is 1.29 bits per heavy atom. The van der Waals surface area contributed by atoms with Crippen LogP contribution in [0, 0.1) is 12.7 Å². The molecular weight excluding hydrogens is 431 g/mol. The average Bonchev–Trinajstić information content (AvgIpc) is 3.27. The number of benzene rings is 1. The Hall–Kier alpha value is -2.57. The number of carbonyl (C=O) groups is 2. The van der Waals surface area contributed by atoms with Crippen molar-refractivity contribution in [3.05, 3.63) is 45.5 Å². The number of anilines is 1. The zero-order valence-electron chi connectivity index (χ0n) is 14.2. The molecule has 2 amide bonds. The molecule has 2 aromatic heterocycles. The Morgan fingerprint density at radius 2 is 2.11 bits per heavy atom. The van der Waals surface area contributed by atoms with Gasteiger partial charge in [-0.3, -0.25) is 14.9 Å². The molecular formula is C15H12ClFN6O3S2. The van der Waals surface area contributed by atoms with Gasteiger partial charge in [0.15, 0.2) is 0 Å². The number of aromatic nitrogens is 4. The van der Waals surface area contributed by atoms with Crippen molar-refractivity contribution >= 4 is 51.6 Å². The second-order valence-electron chi connectivity index (χ2n) is 5.20. The van der Waals surface area contributed by atoms with Gasteiger partial charge in [-0.1, -0.05) is 40.8 Å². The molecule has 0 bridgehead atoms. The topological polar surface area (TPSA) is 123 Å². The summed E-state index contributed by atoms with van der Waals surface area (Å²) in [7, 11) is 0. The summed E-state index contributed by atoms with van der Waals surface area (Å²) in [6.45, 7) is 1.66. The van der Waals surface area contributed by atoms with E-state index in [1.165, 1.54) is 23.5 Å². The van der Waals surface area contributed by atoms with Crippen molar-refractivity contribution in [3.63, 3.8) is 0 Å². The van der Waals surface area contributed by atoms with E-state index in [2.05, 4.69) is 31.0 Å². The smallest absolute Gasteiger partial charge is 0.277 e. The third-order valence-corrected chi connectivity index (χ3v) is 5.02. The van der Waals surface area contributed by atoms with Crippen molar-refractivity contribution in [3.8, 4) is 0 Å². The molecule has 0 saturated carbocycles. The molecule has 0 radical (unpaired) electrons. The molecule has 2 heterocycles. The van der Waals surface area contributed by atoms with Crippen LogP contribution in [0.3, 0.4) is 0 Å². The highest BCUT2D eigenvalue weighted by Crippen LogP contribution is 2.20. The van der Waals surface area contributed by atoms with Crippen LogP contribution >= 0.6 is 34.7 Å². The molecule has 0 spiro atoms. The number of rotatable bonds is 7. The van der Waals surface area contributed by atoms with Gasteiger partial charge >= 0.3 is 0 Å². The highest BCUT2D eigenvalue weighted by Gasteiger charge is 2.17. The fourth-order valence-corrected chi connectivity index (χ4v) is 3.39. The summed E-state index contributed by atoms with van der Waals surface area (Å²) >= 11 is 8.12. The first-order chi connectivity index (χ1) is 13.4. The molecule has 0 unspecified atom stereocenters. The molecule has 0 aliphatic heterocycles. The molecule has 0 aliphatic carbocycles. The number of hydrogen-bond donors (Lipinski definition) is 2. The predicted octanol–water partition coefficient (Wildman–Crippen LogP) is 2.68. The molecule has 146 valence electrons. The lowest BCUT2D eigenvalue weighted by Gasteiger charge is -2.05. The van der Waals surface area contributed by atoms with E-state index in [1.54, 1.807) is 6.92 Å². The Bertz CT molecular complexity index is 991. The van der Waals surface area contributed by atoms with Crippen LogP contribution in [-0.4, -0.2) is 38.0 Å². The molecule has 0 aliphatic rings. The van der Waals surface area contributed by atoms with E-state index in [9.17, 15) is 14.0 Å². The van der Waals surface area contributed by atoms with Gasteiger partial charge in [0, 0.05) is 0 Å². The normalized spacial score (nSPS) is 10.7. The molecule has 0 atom stereocenters. The van der Waals surface area contributed by atoms with E-state index in [4.69, 9.17) is 16.0 Å². The minimum atomic E-state index is -0.733. The molecule has 1 aromatic carbocycles. The average molecular weight is 443 g/mol. The second kappa shape index (κ2) is 9.08. The van der Waals surface area contributed by atoms with Crippen LogP contribution in [-0.2, 0) is 11.3 Å². The number of nitrogens with zero attached hydrogens (tertiary/aromatic N) is 4. The van der Waals surface area contributed by atoms with Crippen molar-refractivity contribution in [1.82, 2.24) is 25.7 Å². The Balaban J connectivity index is 1.49. The first-order valence-corrected chi connectivity index (χ1v) is 9.87. The lowest BCUT2D eigenvalue weighted by atomic mass is 10.2. The first kappa shape index (κ1) is 20.2. The molecule has 3 rings (SSSR count). The largest absolute Gasteiger partial charge is 0.414 e. The van der Waals surface area contributed by atoms with Crippen LogP contribution in [0.15, 0.2) is 27.8 Å². The first-order valence-electron chi connectivity index (χ1n) is 7.69. The summed E-state index contributed by atoms with van der Waals surface area (Å²) in [6.07, 6.45) is 0. The Morgan fingerprint density at radius 3 is 2.82 bits per heavy atom. The summed E-state index contributed by atoms with van der Waals surface area (Å²) in [6, 6.07) is 3.95. The van der Waals surface area contributed by atoms with E-state index in [-0.39, 0.29) is 39.9 Å². The van der Waals surface area contributed by atoms with Crippen molar-refractivity contribution in [1.29, 1.82) is 0 Å². The third-order valence-electron chi connectivity index (χ3n) is 3.14. The minimum Gasteiger partial charge on any atom is -0.414 e. The molecule has 9 nitrogen and oxygen atoms in total. The summed E-state index contributed by atoms with van der Waals surface area (Å²) in [5.41, 5.74) is -0.262. The maximum atomic E-state index is 13.7. The van der Waals surface area contributed by atoms with Crippen molar-refractivity contribution in [2.75, 3.05) is 11.1 Å². The van der Waals surface area contributed by atoms with Crippen LogP contribution < -0.4 is 10.6 Å². The summed E-state index contributed by atoms with van der Waals surface area (Å²) in [4.78, 5) is 23.9. The number of nitrogens with one attached hydrogen (secondary N) is 2. The number of thioether (sulfide) groups is 1. The number of hydrogen-bond acceptors (Lipinski definition) is 9. The number of aryl methyl sites for hydroxylation is 1. The lowest BCUT2D eigenvalue weighted by molar-refractivity contribution is -0.113. The minimum absolute atomic E-state index is 0.00379. The van der Waals surface area contributed by atoms with Gasteiger partial charge in [-0.25, -0.2) is 4.39 Å². The van der Waals surface area contributed by atoms with Gasteiger partial charge in [0.25, 0.3) is 11.1 Å². The van der Waals surface area contributed by atoms with Crippen LogP contribution in [0.25, 0.3) is 0 Å². The fraction of sp³-hybridized carbons (Fsp3) is 0.200. The highest BCUT2D eigenvalue weighted by atomic mass is 35.5. The number of carbonyl (C=O) groups excluding carboxylic acids is 2. The van der Waals surface area contributed by atoms with E-state index in [1.807, 2.05) is 0 Å². The number of halogens is 2. The van der Waals surface area contributed by atoms with Gasteiger partial charge in [-0.2, -0.15) is 0 Å². The molecule has 3 aromatic rings. The van der Waals surface area contributed by atoms with Crippen LogP contribution in [0.5, 0.6) is 0 Å². The van der Waals surface area contributed by atoms with E-state index < -0.39 is 11.7 Å². The predicted molar refractivity (Wildman–Crippen MR) is 101 cm³/mol. The van der Waals surface area contributed by atoms with Gasteiger partial charge in [0.1, 0.15) is 10.8 Å². The van der Waals surface area contributed by atoms with Crippen LogP contribution in [0.1, 0.15) is 21.3 Å². The van der Waals surface area contributed by atoms with Gasteiger partial charge in [0.2, 0.25) is 16.9 Å². The molecule has 2 N–H and O–H groups in total. The molecule has 0 saturated heterocycles. The maximum absolute atomic E-state index is 13.7. The molecule has 28 heavy (non-hydrogen) atoms.